The maximum Gasteiger partial charge on any atom is 0.231 e. The molecule has 4 aromatic rings. The fraction of sp³-hybridized carbons (Fsp3) is 0.118. The summed E-state index contributed by atoms with van der Waals surface area (Å²) in [6.45, 7) is 0.406. The van der Waals surface area contributed by atoms with E-state index in [9.17, 15) is 4.79 Å². The SMILES string of the molecule is O=C(CSc1n[nH]c2nc3ccccc3n12)NCc1ccccc1Cl. The Kier molecular flexibility index (Phi) is 4.33. The van der Waals surface area contributed by atoms with Crippen LogP contribution in [-0.2, 0) is 11.3 Å². The van der Waals surface area contributed by atoms with Crippen LogP contribution in [0.25, 0.3) is 16.8 Å². The summed E-state index contributed by atoms with van der Waals surface area (Å²) in [5.74, 6) is 0.849. The molecule has 0 fully saturated rings. The number of para-hydroxylation sites is 2. The zero-order valence-corrected chi connectivity index (χ0v) is 14.6. The maximum absolute atomic E-state index is 12.1. The first-order chi connectivity index (χ1) is 12.2. The smallest absolute Gasteiger partial charge is 0.231 e. The summed E-state index contributed by atoms with van der Waals surface area (Å²) in [5, 5.41) is 11.4. The molecule has 0 unspecified atom stereocenters. The molecule has 25 heavy (non-hydrogen) atoms. The molecule has 1 amide bonds. The van der Waals surface area contributed by atoms with Crippen LogP contribution in [0.1, 0.15) is 5.56 Å². The van der Waals surface area contributed by atoms with Gasteiger partial charge in [-0.05, 0) is 23.8 Å². The fourth-order valence-corrected chi connectivity index (χ4v) is 3.54. The molecular formula is C17H14ClN5OS. The van der Waals surface area contributed by atoms with Crippen LogP contribution in [0.5, 0.6) is 0 Å². The molecule has 4 rings (SSSR count). The van der Waals surface area contributed by atoms with Gasteiger partial charge in [0.25, 0.3) is 0 Å². The van der Waals surface area contributed by atoms with Gasteiger partial charge in [-0.1, -0.05) is 53.7 Å². The molecule has 0 saturated heterocycles. The maximum atomic E-state index is 12.1. The normalized spacial score (nSPS) is 11.2. The van der Waals surface area contributed by atoms with Gasteiger partial charge >= 0.3 is 0 Å². The summed E-state index contributed by atoms with van der Waals surface area (Å²) in [5.41, 5.74) is 2.75. The van der Waals surface area contributed by atoms with Gasteiger partial charge in [0.05, 0.1) is 16.8 Å². The van der Waals surface area contributed by atoms with Gasteiger partial charge in [-0.2, -0.15) is 0 Å². The van der Waals surface area contributed by atoms with E-state index in [4.69, 9.17) is 11.6 Å². The number of thioether (sulfide) groups is 1. The number of rotatable bonds is 5. The highest BCUT2D eigenvalue weighted by Gasteiger charge is 2.13. The third-order valence-corrected chi connectivity index (χ3v) is 5.08. The van der Waals surface area contributed by atoms with Crippen molar-refractivity contribution in [2.75, 3.05) is 5.75 Å². The molecule has 6 nitrogen and oxygen atoms in total. The Hall–Kier alpha value is -2.51. The van der Waals surface area contributed by atoms with Gasteiger partial charge in [-0.3, -0.25) is 9.20 Å². The van der Waals surface area contributed by atoms with Gasteiger partial charge in [-0.25, -0.2) is 10.1 Å². The number of H-pyrrole nitrogens is 1. The lowest BCUT2D eigenvalue weighted by atomic mass is 10.2. The highest BCUT2D eigenvalue weighted by Crippen LogP contribution is 2.22. The van der Waals surface area contributed by atoms with Crippen molar-refractivity contribution in [1.29, 1.82) is 0 Å². The average Bonchev–Trinajstić information content (AvgIpc) is 3.18. The number of nitrogens with zero attached hydrogens (tertiary/aromatic N) is 3. The molecule has 8 heteroatoms. The largest absolute Gasteiger partial charge is 0.351 e. The van der Waals surface area contributed by atoms with Crippen molar-refractivity contribution < 1.29 is 4.79 Å². The molecule has 0 spiro atoms. The molecule has 0 aliphatic carbocycles. The van der Waals surface area contributed by atoms with Crippen LogP contribution in [0.3, 0.4) is 0 Å². The number of carbonyl (C=O) groups excluding carboxylic acids is 1. The summed E-state index contributed by atoms with van der Waals surface area (Å²) in [7, 11) is 0. The summed E-state index contributed by atoms with van der Waals surface area (Å²) in [6, 6.07) is 15.3. The Morgan fingerprint density at radius 3 is 2.88 bits per heavy atom. The van der Waals surface area contributed by atoms with Gasteiger partial charge in [0.2, 0.25) is 11.7 Å². The van der Waals surface area contributed by atoms with Gasteiger partial charge in [0.1, 0.15) is 0 Å². The lowest BCUT2D eigenvalue weighted by molar-refractivity contribution is -0.118. The molecular weight excluding hydrogens is 358 g/mol. The zero-order valence-electron chi connectivity index (χ0n) is 13.1. The van der Waals surface area contributed by atoms with Crippen LogP contribution >= 0.6 is 23.4 Å². The molecule has 2 aromatic carbocycles. The van der Waals surface area contributed by atoms with E-state index in [0.29, 0.717) is 22.5 Å². The first kappa shape index (κ1) is 16.0. The van der Waals surface area contributed by atoms with Crippen molar-refractivity contribution in [2.45, 2.75) is 11.7 Å². The molecule has 0 radical (unpaired) electrons. The van der Waals surface area contributed by atoms with E-state index in [2.05, 4.69) is 20.5 Å². The summed E-state index contributed by atoms with van der Waals surface area (Å²) >= 11 is 7.45. The van der Waals surface area contributed by atoms with Crippen molar-refractivity contribution in [2.24, 2.45) is 0 Å². The number of nitrogens with one attached hydrogen (secondary N) is 2. The van der Waals surface area contributed by atoms with Crippen LogP contribution in [-0.4, -0.2) is 31.2 Å². The number of aromatic amines is 1. The van der Waals surface area contributed by atoms with Gasteiger partial charge < -0.3 is 5.32 Å². The van der Waals surface area contributed by atoms with E-state index < -0.39 is 0 Å². The summed E-state index contributed by atoms with van der Waals surface area (Å²) in [6.07, 6.45) is 0. The lowest BCUT2D eigenvalue weighted by Gasteiger charge is -2.06. The molecule has 2 heterocycles. The van der Waals surface area contributed by atoms with Gasteiger partial charge in [0.15, 0.2) is 5.16 Å². The van der Waals surface area contributed by atoms with Crippen molar-refractivity contribution >= 4 is 46.1 Å². The average molecular weight is 372 g/mol. The minimum absolute atomic E-state index is 0.0782. The monoisotopic (exact) mass is 371 g/mol. The van der Waals surface area contributed by atoms with Crippen LogP contribution in [0.4, 0.5) is 0 Å². The van der Waals surface area contributed by atoms with Gasteiger partial charge in [-0.15, -0.1) is 5.10 Å². The predicted molar refractivity (Wildman–Crippen MR) is 98.9 cm³/mol. The molecule has 0 saturated carbocycles. The quantitative estimate of drug-likeness (QED) is 0.528. The number of fused-ring (bicyclic) bond motifs is 3. The fourth-order valence-electron chi connectivity index (χ4n) is 2.56. The Morgan fingerprint density at radius 2 is 2.00 bits per heavy atom. The van der Waals surface area contributed by atoms with Crippen LogP contribution < -0.4 is 5.32 Å². The molecule has 126 valence electrons. The molecule has 0 aliphatic heterocycles. The van der Waals surface area contributed by atoms with E-state index in [-0.39, 0.29) is 11.7 Å². The van der Waals surface area contributed by atoms with E-state index >= 15 is 0 Å². The molecule has 0 atom stereocenters. The standard InChI is InChI=1S/C17H14ClN5OS/c18-12-6-2-1-5-11(12)9-19-15(24)10-25-17-22-21-16-20-13-7-3-4-8-14(13)23(16)17/h1-8H,9-10H2,(H,19,24)(H,20,21). The Bertz CT molecular complexity index is 1060. The molecule has 2 aromatic heterocycles. The number of benzene rings is 2. The second kappa shape index (κ2) is 6.78. The number of amides is 1. The second-order valence-electron chi connectivity index (χ2n) is 5.42. The number of halogens is 1. The number of hydrogen-bond acceptors (Lipinski definition) is 4. The Morgan fingerprint density at radius 1 is 1.20 bits per heavy atom. The molecule has 0 bridgehead atoms. The van der Waals surface area contributed by atoms with Crippen LogP contribution in [0.15, 0.2) is 53.7 Å². The number of imidazole rings is 1. The first-order valence-electron chi connectivity index (χ1n) is 7.67. The van der Waals surface area contributed by atoms with E-state index in [0.717, 1.165) is 16.6 Å². The summed E-state index contributed by atoms with van der Waals surface area (Å²) < 4.78 is 1.92. The molecule has 0 aliphatic rings. The lowest BCUT2D eigenvalue weighted by Crippen LogP contribution is -2.24. The second-order valence-corrected chi connectivity index (χ2v) is 6.77. The van der Waals surface area contributed by atoms with Crippen molar-refractivity contribution in [3.05, 3.63) is 59.1 Å². The van der Waals surface area contributed by atoms with Crippen LogP contribution in [0.2, 0.25) is 5.02 Å². The number of hydrogen-bond donors (Lipinski definition) is 2. The molecule has 2 N–H and O–H groups in total. The van der Waals surface area contributed by atoms with E-state index in [1.165, 1.54) is 11.8 Å². The zero-order chi connectivity index (χ0) is 17.2. The van der Waals surface area contributed by atoms with Crippen molar-refractivity contribution in [3.63, 3.8) is 0 Å². The Balaban J connectivity index is 1.43. The minimum Gasteiger partial charge on any atom is -0.351 e. The first-order valence-corrected chi connectivity index (χ1v) is 9.03. The Labute approximate surface area is 152 Å². The third-order valence-electron chi connectivity index (χ3n) is 3.77. The van der Waals surface area contributed by atoms with Crippen LogP contribution in [0, 0.1) is 0 Å². The third kappa shape index (κ3) is 3.20. The predicted octanol–water partition coefficient (Wildman–Crippen LogP) is 3.27. The number of aromatic nitrogens is 4. The van der Waals surface area contributed by atoms with Gasteiger partial charge in [0, 0.05) is 11.6 Å². The summed E-state index contributed by atoms with van der Waals surface area (Å²) in [4.78, 5) is 16.6. The van der Waals surface area contributed by atoms with E-state index in [1.807, 2.05) is 52.9 Å². The van der Waals surface area contributed by atoms with E-state index in [1.54, 1.807) is 0 Å². The highest BCUT2D eigenvalue weighted by atomic mass is 35.5. The highest BCUT2D eigenvalue weighted by molar-refractivity contribution is 7.99. The van der Waals surface area contributed by atoms with Crippen molar-refractivity contribution in [3.8, 4) is 0 Å². The minimum atomic E-state index is -0.0782. The number of carbonyl (C=O) groups is 1. The topological polar surface area (TPSA) is 75.1 Å². The van der Waals surface area contributed by atoms with Crippen molar-refractivity contribution in [1.82, 2.24) is 24.9 Å².